The maximum absolute atomic E-state index is 12.6. The fourth-order valence-corrected chi connectivity index (χ4v) is 5.37. The lowest BCUT2D eigenvalue weighted by molar-refractivity contribution is -0.185. The number of hydrogen-bond donors (Lipinski definition) is 1. The molecule has 13 heteroatoms. The number of ketones is 1. The van der Waals surface area contributed by atoms with Gasteiger partial charge < -0.3 is 33.9 Å². The molecular formula is C32H47ClN2O10. The normalized spacial score (nSPS) is 25.4. The topological polar surface area (TPSA) is 149 Å². The van der Waals surface area contributed by atoms with Crippen LogP contribution in [0.4, 0.5) is 9.59 Å². The van der Waals surface area contributed by atoms with Gasteiger partial charge in [0.2, 0.25) is 0 Å². The highest BCUT2D eigenvalue weighted by Crippen LogP contribution is 2.47. The van der Waals surface area contributed by atoms with Gasteiger partial charge in [-0.15, -0.1) is 0 Å². The predicted molar refractivity (Wildman–Crippen MR) is 165 cm³/mol. The molecule has 2 amide bonds. The Morgan fingerprint density at radius 3 is 1.71 bits per heavy atom. The maximum Gasteiger partial charge on any atom is 0.410 e. The van der Waals surface area contributed by atoms with Crippen LogP contribution in [0.2, 0.25) is 5.02 Å². The summed E-state index contributed by atoms with van der Waals surface area (Å²) >= 11 is 5.94. The van der Waals surface area contributed by atoms with Gasteiger partial charge in [0, 0.05) is 37.6 Å². The number of carbonyl (C=O) groups excluding carboxylic acids is 5. The fourth-order valence-electron chi connectivity index (χ4n) is 5.24. The van der Waals surface area contributed by atoms with Gasteiger partial charge in [0.25, 0.3) is 0 Å². The molecule has 1 N–H and O–H groups in total. The van der Waals surface area contributed by atoms with Crippen molar-refractivity contribution in [2.24, 2.45) is 10.8 Å². The smallest absolute Gasteiger partial charge is 0.410 e. The van der Waals surface area contributed by atoms with Crippen molar-refractivity contribution in [2.75, 3.05) is 40.4 Å². The molecule has 2 saturated heterocycles. The van der Waals surface area contributed by atoms with Crippen molar-refractivity contribution in [1.29, 1.82) is 0 Å². The number of carbonyl (C=O) groups is 5. The van der Waals surface area contributed by atoms with E-state index in [0.29, 0.717) is 10.6 Å². The second kappa shape index (κ2) is 13.9. The molecule has 252 valence electrons. The summed E-state index contributed by atoms with van der Waals surface area (Å²) in [6.45, 7) is 14.2. The van der Waals surface area contributed by atoms with Gasteiger partial charge >= 0.3 is 24.1 Å². The van der Waals surface area contributed by atoms with Crippen molar-refractivity contribution in [3.05, 3.63) is 34.9 Å². The number of ether oxygens (including phenoxy) is 4. The van der Waals surface area contributed by atoms with Gasteiger partial charge in [0.15, 0.2) is 5.78 Å². The first kappa shape index (κ1) is 37.8. The highest BCUT2D eigenvalue weighted by molar-refractivity contribution is 6.30. The van der Waals surface area contributed by atoms with Crippen LogP contribution >= 0.6 is 11.6 Å². The molecule has 2 fully saturated rings. The van der Waals surface area contributed by atoms with Gasteiger partial charge in [-0.05, 0) is 79.5 Å². The van der Waals surface area contributed by atoms with Crippen molar-refractivity contribution in [3.63, 3.8) is 0 Å². The van der Waals surface area contributed by atoms with Crippen LogP contribution in [0.25, 0.3) is 0 Å². The van der Waals surface area contributed by atoms with Gasteiger partial charge in [-0.2, -0.15) is 0 Å². The first-order chi connectivity index (χ1) is 20.5. The number of amides is 2. The number of nitrogens with zero attached hydrogens (tertiary/aromatic N) is 2. The molecule has 0 saturated carbocycles. The Hall–Kier alpha value is -3.38. The number of piperidine rings is 2. The summed E-state index contributed by atoms with van der Waals surface area (Å²) in [7, 11) is 2.50. The van der Waals surface area contributed by atoms with E-state index in [9.17, 15) is 29.1 Å². The molecule has 1 aromatic rings. The Morgan fingerprint density at radius 1 is 0.800 bits per heavy atom. The predicted octanol–water partition coefficient (Wildman–Crippen LogP) is 4.72. The third kappa shape index (κ3) is 8.88. The number of rotatable bonds is 3. The van der Waals surface area contributed by atoms with E-state index in [0.717, 1.165) is 0 Å². The number of hydrogen-bond acceptors (Lipinski definition) is 10. The van der Waals surface area contributed by atoms with Crippen LogP contribution < -0.4 is 0 Å². The van der Waals surface area contributed by atoms with E-state index in [1.54, 1.807) is 72.7 Å². The van der Waals surface area contributed by atoms with Crippen molar-refractivity contribution in [3.8, 4) is 0 Å². The Morgan fingerprint density at radius 2 is 1.27 bits per heavy atom. The van der Waals surface area contributed by atoms with E-state index in [-0.39, 0.29) is 44.8 Å². The zero-order valence-corrected chi connectivity index (χ0v) is 28.7. The lowest BCUT2D eigenvalue weighted by Crippen LogP contribution is -2.62. The Labute approximate surface area is 270 Å². The second-order valence-electron chi connectivity index (χ2n) is 13.7. The van der Waals surface area contributed by atoms with E-state index in [1.807, 2.05) is 0 Å². The number of benzene rings is 1. The van der Waals surface area contributed by atoms with Gasteiger partial charge in [0.05, 0.1) is 14.2 Å². The third-order valence-electron chi connectivity index (χ3n) is 7.79. The van der Waals surface area contributed by atoms with E-state index in [1.165, 1.54) is 30.9 Å². The summed E-state index contributed by atoms with van der Waals surface area (Å²) in [4.78, 5) is 63.5. The molecular weight excluding hydrogens is 608 g/mol. The molecule has 3 unspecified atom stereocenters. The summed E-state index contributed by atoms with van der Waals surface area (Å²) in [5.41, 5.74) is -4.86. The first-order valence-corrected chi connectivity index (χ1v) is 15.1. The average molecular weight is 655 g/mol. The van der Waals surface area contributed by atoms with Crippen LogP contribution in [0.1, 0.15) is 73.8 Å². The van der Waals surface area contributed by atoms with Crippen molar-refractivity contribution < 1.29 is 48.0 Å². The standard InChI is InChI=1S/C19H26ClNO5.C13H21NO5/c1-17(2,3)26-16(23)21-11-10-19(24,13-6-8-14(20)9-7-13)18(4,12-21)15(22)25-5;1-12(2,3)19-11(17)14-7-6-9(15)13(4,8-14)10(16)18-5/h6-9,24H,10-12H2,1-5H3;6-8H2,1-5H3. The van der Waals surface area contributed by atoms with Crippen molar-refractivity contribution in [2.45, 2.75) is 85.0 Å². The second-order valence-corrected chi connectivity index (χ2v) is 14.2. The summed E-state index contributed by atoms with van der Waals surface area (Å²) in [6, 6.07) is 6.69. The van der Waals surface area contributed by atoms with Gasteiger partial charge in [-0.3, -0.25) is 14.4 Å². The van der Waals surface area contributed by atoms with E-state index in [4.69, 9.17) is 25.8 Å². The molecule has 1 aromatic carbocycles. The summed E-state index contributed by atoms with van der Waals surface area (Å²) < 4.78 is 20.3. The van der Waals surface area contributed by atoms with E-state index < -0.39 is 51.8 Å². The maximum atomic E-state index is 12.6. The first-order valence-electron chi connectivity index (χ1n) is 14.7. The zero-order chi connectivity index (χ0) is 34.6. The van der Waals surface area contributed by atoms with Crippen LogP contribution in [0.5, 0.6) is 0 Å². The zero-order valence-electron chi connectivity index (χ0n) is 27.9. The van der Waals surface area contributed by atoms with Gasteiger partial charge in [-0.1, -0.05) is 23.7 Å². The lowest BCUT2D eigenvalue weighted by atomic mass is 9.65. The van der Waals surface area contributed by atoms with Gasteiger partial charge in [0.1, 0.15) is 27.6 Å². The summed E-state index contributed by atoms with van der Waals surface area (Å²) in [5.74, 6) is -1.42. The summed E-state index contributed by atoms with van der Waals surface area (Å²) in [6.07, 6.45) is -0.745. The Balaban J connectivity index is 0.000000330. The average Bonchev–Trinajstić information content (AvgIpc) is 2.93. The minimum Gasteiger partial charge on any atom is -0.468 e. The SMILES string of the molecule is COC(=O)C1(C)CN(C(=O)OC(C)(C)C)CCC1(O)c1ccc(Cl)cc1.COC(=O)C1(C)CN(C(=O)OC(C)(C)C)CCC1=O. The minimum atomic E-state index is -1.50. The number of likely N-dealkylation sites (tertiary alicyclic amines) is 2. The highest BCUT2D eigenvalue weighted by Gasteiger charge is 2.58. The van der Waals surface area contributed by atoms with Crippen molar-refractivity contribution >= 4 is 41.5 Å². The summed E-state index contributed by atoms with van der Waals surface area (Å²) in [5, 5.41) is 12.0. The fraction of sp³-hybridized carbons (Fsp3) is 0.656. The number of methoxy groups -OCH3 is 2. The van der Waals surface area contributed by atoms with Crippen LogP contribution in [0.3, 0.4) is 0 Å². The molecule has 3 atom stereocenters. The van der Waals surface area contributed by atoms with Crippen LogP contribution in [0, 0.1) is 10.8 Å². The number of aliphatic hydroxyl groups is 1. The molecule has 0 aromatic heterocycles. The quantitative estimate of drug-likeness (QED) is 0.276. The number of esters is 2. The Bertz CT molecular complexity index is 1260. The molecule has 0 aliphatic carbocycles. The van der Waals surface area contributed by atoms with E-state index >= 15 is 0 Å². The minimum absolute atomic E-state index is 0.00653. The molecule has 0 bridgehead atoms. The molecule has 45 heavy (non-hydrogen) atoms. The Kier molecular flexibility index (Phi) is 11.7. The van der Waals surface area contributed by atoms with Crippen LogP contribution in [0.15, 0.2) is 24.3 Å². The highest BCUT2D eigenvalue weighted by atomic mass is 35.5. The molecule has 0 radical (unpaired) electrons. The molecule has 12 nitrogen and oxygen atoms in total. The van der Waals surface area contributed by atoms with E-state index in [2.05, 4.69) is 4.74 Å². The molecule has 3 rings (SSSR count). The van der Waals surface area contributed by atoms with Crippen LogP contribution in [-0.4, -0.2) is 96.4 Å². The number of Topliss-reactive ketones (excluding diaryl/α,β-unsaturated/α-hetero) is 1. The molecule has 2 heterocycles. The largest absolute Gasteiger partial charge is 0.468 e. The molecule has 2 aliphatic heterocycles. The molecule has 2 aliphatic rings. The van der Waals surface area contributed by atoms with Crippen molar-refractivity contribution in [1.82, 2.24) is 9.80 Å². The van der Waals surface area contributed by atoms with Crippen LogP contribution in [-0.2, 0) is 38.9 Å². The lowest BCUT2D eigenvalue weighted by Gasteiger charge is -2.50. The number of halogens is 1. The third-order valence-corrected chi connectivity index (χ3v) is 8.04. The molecule has 0 spiro atoms. The van der Waals surface area contributed by atoms with Gasteiger partial charge in [-0.25, -0.2) is 9.59 Å². The monoisotopic (exact) mass is 654 g/mol.